The molecule has 0 bridgehead atoms. The van der Waals surface area contributed by atoms with Crippen LogP contribution in [0.25, 0.3) is 0 Å². The molecule has 0 spiro atoms. The van der Waals surface area contributed by atoms with E-state index in [1.165, 1.54) is 4.31 Å². The molecule has 0 saturated carbocycles. The molecule has 1 aromatic rings. The Hall–Kier alpha value is -1.21. The van der Waals surface area contributed by atoms with Crippen LogP contribution >= 0.6 is 11.8 Å². The number of benzene rings is 1. The Morgan fingerprint density at radius 1 is 1.33 bits per heavy atom. The number of hydrogen-bond acceptors (Lipinski definition) is 5. The van der Waals surface area contributed by atoms with Gasteiger partial charge in [-0.2, -0.15) is 0 Å². The second-order valence-electron chi connectivity index (χ2n) is 4.61. The summed E-state index contributed by atoms with van der Waals surface area (Å²) in [6.07, 6.45) is 0.613. The van der Waals surface area contributed by atoms with Crippen molar-refractivity contribution in [2.24, 2.45) is 0 Å². The van der Waals surface area contributed by atoms with Gasteiger partial charge in [0.1, 0.15) is 0 Å². The van der Waals surface area contributed by atoms with Gasteiger partial charge in [0.05, 0.1) is 23.6 Å². The number of carbonyl (C=O) groups excluding carboxylic acids is 1. The second-order valence-corrected chi connectivity index (χ2v) is 7.96. The maximum absolute atomic E-state index is 12.0. The van der Waals surface area contributed by atoms with Crippen molar-refractivity contribution in [1.82, 2.24) is 0 Å². The van der Waals surface area contributed by atoms with Gasteiger partial charge in [0.15, 0.2) is 0 Å². The van der Waals surface area contributed by atoms with Crippen molar-refractivity contribution in [1.29, 1.82) is 0 Å². The molecule has 0 atom stereocenters. The first-order chi connectivity index (χ1) is 9.97. The van der Waals surface area contributed by atoms with Gasteiger partial charge in [-0.25, -0.2) is 13.2 Å². The molecule has 7 heteroatoms. The monoisotopic (exact) mass is 329 g/mol. The summed E-state index contributed by atoms with van der Waals surface area (Å²) in [7, 11) is -3.25. The number of anilines is 1. The predicted molar refractivity (Wildman–Crippen MR) is 84.5 cm³/mol. The van der Waals surface area contributed by atoms with Crippen LogP contribution in [0.15, 0.2) is 23.1 Å². The number of nitrogens with zero attached hydrogens (tertiary/aromatic N) is 1. The summed E-state index contributed by atoms with van der Waals surface area (Å²) in [5, 5.41) is 0. The number of carbonyl (C=O) groups is 1. The molecule has 2 rings (SSSR count). The lowest BCUT2D eigenvalue weighted by atomic mass is 10.2. The van der Waals surface area contributed by atoms with Crippen LogP contribution in [0.3, 0.4) is 0 Å². The van der Waals surface area contributed by atoms with Crippen molar-refractivity contribution in [3.05, 3.63) is 23.8 Å². The van der Waals surface area contributed by atoms with Gasteiger partial charge >= 0.3 is 5.97 Å². The van der Waals surface area contributed by atoms with E-state index in [1.54, 1.807) is 30.8 Å². The van der Waals surface area contributed by atoms with E-state index < -0.39 is 16.0 Å². The number of sulfonamides is 1. The maximum atomic E-state index is 12.0. The molecule has 1 aromatic carbocycles. The molecule has 1 saturated heterocycles. The first-order valence-corrected chi connectivity index (χ1v) is 9.53. The van der Waals surface area contributed by atoms with Crippen LogP contribution in [0.5, 0.6) is 0 Å². The second kappa shape index (κ2) is 6.70. The van der Waals surface area contributed by atoms with Crippen molar-refractivity contribution in [3.8, 4) is 0 Å². The normalized spacial score (nSPS) is 17.0. The lowest BCUT2D eigenvalue weighted by molar-refractivity contribution is 0.0526. The molecular weight excluding hydrogens is 310 g/mol. The third kappa shape index (κ3) is 3.71. The minimum absolute atomic E-state index is 0.160. The van der Waals surface area contributed by atoms with Crippen molar-refractivity contribution in [2.45, 2.75) is 25.2 Å². The van der Waals surface area contributed by atoms with Gasteiger partial charge < -0.3 is 4.74 Å². The van der Waals surface area contributed by atoms with Gasteiger partial charge in [-0.05, 0) is 37.3 Å². The summed E-state index contributed by atoms with van der Waals surface area (Å²) in [6, 6.07) is 5.17. The van der Waals surface area contributed by atoms with E-state index in [2.05, 4.69) is 0 Å². The topological polar surface area (TPSA) is 63.7 Å². The highest BCUT2D eigenvalue weighted by atomic mass is 32.2. The highest BCUT2D eigenvalue weighted by molar-refractivity contribution is 7.99. The number of rotatable bonds is 5. The lowest BCUT2D eigenvalue weighted by Gasteiger charge is -2.18. The average Bonchev–Trinajstić information content (AvgIpc) is 2.78. The zero-order valence-corrected chi connectivity index (χ0v) is 13.8. The highest BCUT2D eigenvalue weighted by Crippen LogP contribution is 2.30. The molecule has 0 aliphatic carbocycles. The molecule has 5 nitrogen and oxygen atoms in total. The molecule has 1 aliphatic heterocycles. The van der Waals surface area contributed by atoms with Crippen molar-refractivity contribution in [3.63, 3.8) is 0 Å². The quantitative estimate of drug-likeness (QED) is 0.613. The van der Waals surface area contributed by atoms with Gasteiger partial charge in [-0.1, -0.05) is 6.92 Å². The Bertz CT molecular complexity index is 628. The maximum Gasteiger partial charge on any atom is 0.338 e. The minimum Gasteiger partial charge on any atom is -0.462 e. The lowest BCUT2D eigenvalue weighted by Crippen LogP contribution is -2.25. The SMILES string of the molecule is CCOC(=O)c1cc(SCC)cc(N2CCCS2(=O)=O)c1. The Morgan fingerprint density at radius 2 is 2.10 bits per heavy atom. The van der Waals surface area contributed by atoms with Crippen LogP contribution in [0, 0.1) is 0 Å². The van der Waals surface area contributed by atoms with E-state index in [9.17, 15) is 13.2 Å². The molecule has 0 amide bonds. The van der Waals surface area contributed by atoms with Crippen LogP contribution in [0.2, 0.25) is 0 Å². The smallest absolute Gasteiger partial charge is 0.338 e. The molecule has 0 aromatic heterocycles. The van der Waals surface area contributed by atoms with Crippen molar-refractivity contribution in [2.75, 3.05) is 29.0 Å². The molecule has 21 heavy (non-hydrogen) atoms. The van der Waals surface area contributed by atoms with E-state index in [-0.39, 0.29) is 5.75 Å². The summed E-state index contributed by atoms with van der Waals surface area (Å²) in [5.41, 5.74) is 0.946. The fourth-order valence-corrected chi connectivity index (χ4v) is 4.54. The molecule has 116 valence electrons. The van der Waals surface area contributed by atoms with Crippen LogP contribution in [0.4, 0.5) is 5.69 Å². The summed E-state index contributed by atoms with van der Waals surface area (Å²) in [4.78, 5) is 12.8. The van der Waals surface area contributed by atoms with Crippen LogP contribution < -0.4 is 4.31 Å². The van der Waals surface area contributed by atoms with Gasteiger partial charge in [-0.15, -0.1) is 11.8 Å². The summed E-state index contributed by atoms with van der Waals surface area (Å²) in [5.74, 6) is 0.583. The summed E-state index contributed by atoms with van der Waals surface area (Å²) in [6.45, 7) is 4.51. The van der Waals surface area contributed by atoms with Gasteiger partial charge in [-0.3, -0.25) is 4.31 Å². The third-order valence-corrected chi connectivity index (χ3v) is 5.83. The Morgan fingerprint density at radius 3 is 2.67 bits per heavy atom. The molecule has 0 N–H and O–H groups in total. The number of hydrogen-bond donors (Lipinski definition) is 0. The summed E-state index contributed by atoms with van der Waals surface area (Å²) < 4.78 is 30.5. The highest BCUT2D eigenvalue weighted by Gasteiger charge is 2.29. The van der Waals surface area contributed by atoms with Gasteiger partial charge in [0.2, 0.25) is 10.0 Å². The van der Waals surface area contributed by atoms with E-state index in [0.717, 1.165) is 10.6 Å². The number of ether oxygens (including phenoxy) is 1. The fourth-order valence-electron chi connectivity index (χ4n) is 2.24. The minimum atomic E-state index is -3.25. The predicted octanol–water partition coefficient (Wildman–Crippen LogP) is 2.52. The first kappa shape index (κ1) is 16.2. The van der Waals surface area contributed by atoms with Crippen LogP contribution in [-0.4, -0.2) is 39.0 Å². The Balaban J connectivity index is 2.42. The van der Waals surface area contributed by atoms with Gasteiger partial charge in [0.25, 0.3) is 0 Å². The van der Waals surface area contributed by atoms with Crippen molar-refractivity contribution < 1.29 is 17.9 Å². The number of thioether (sulfide) groups is 1. The van der Waals surface area contributed by atoms with E-state index in [4.69, 9.17) is 4.74 Å². The molecule has 0 radical (unpaired) electrons. The zero-order valence-electron chi connectivity index (χ0n) is 12.2. The Kier molecular flexibility index (Phi) is 5.16. The zero-order chi connectivity index (χ0) is 15.5. The standard InChI is InChI=1S/C14H19NO4S2/c1-3-19-14(16)11-8-12(10-13(9-11)20-4-2)15-6-5-7-21(15,17)18/h8-10H,3-7H2,1-2H3. The average molecular weight is 329 g/mol. The van der Waals surface area contributed by atoms with Crippen LogP contribution in [0.1, 0.15) is 30.6 Å². The first-order valence-electron chi connectivity index (χ1n) is 6.93. The van der Waals surface area contributed by atoms with E-state index >= 15 is 0 Å². The third-order valence-electron chi connectivity index (χ3n) is 3.10. The van der Waals surface area contributed by atoms with Crippen LogP contribution in [-0.2, 0) is 14.8 Å². The van der Waals surface area contributed by atoms with Crippen molar-refractivity contribution >= 4 is 33.4 Å². The largest absolute Gasteiger partial charge is 0.462 e. The molecule has 1 aliphatic rings. The number of esters is 1. The molecule has 1 fully saturated rings. The molecule has 0 unspecified atom stereocenters. The van der Waals surface area contributed by atoms with E-state index in [1.807, 2.05) is 13.0 Å². The fraction of sp³-hybridized carbons (Fsp3) is 0.500. The summed E-state index contributed by atoms with van der Waals surface area (Å²) >= 11 is 1.57. The molecular formula is C14H19NO4S2. The van der Waals surface area contributed by atoms with E-state index in [0.29, 0.717) is 30.8 Å². The molecule has 1 heterocycles. The Labute approximate surface area is 129 Å². The van der Waals surface area contributed by atoms with Gasteiger partial charge in [0, 0.05) is 11.4 Å².